The maximum atomic E-state index is 12.1. The first-order valence-corrected chi connectivity index (χ1v) is 8.00. The van der Waals surface area contributed by atoms with Crippen LogP contribution in [-0.4, -0.2) is 45.0 Å². The Balaban J connectivity index is 1.63. The summed E-state index contributed by atoms with van der Waals surface area (Å²) < 4.78 is 16.5. The monoisotopic (exact) mass is 307 g/mol. The zero-order valence-corrected chi connectivity index (χ0v) is 13.2. The van der Waals surface area contributed by atoms with E-state index < -0.39 is 0 Å². The molecule has 0 bridgehead atoms. The molecule has 1 saturated heterocycles. The SMILES string of the molecule is CCOc1ccccc1C(=O)NCCCOCC1CCCO1. The van der Waals surface area contributed by atoms with E-state index in [1.807, 2.05) is 25.1 Å². The number of nitrogens with one attached hydrogen (secondary N) is 1. The number of carbonyl (C=O) groups is 1. The molecule has 1 aromatic rings. The van der Waals surface area contributed by atoms with Gasteiger partial charge in [0.15, 0.2) is 0 Å². The minimum absolute atomic E-state index is 0.108. The Morgan fingerprint density at radius 1 is 1.41 bits per heavy atom. The number of hydrogen-bond donors (Lipinski definition) is 1. The quantitative estimate of drug-likeness (QED) is 0.712. The molecule has 5 nitrogen and oxygen atoms in total. The molecule has 0 radical (unpaired) electrons. The van der Waals surface area contributed by atoms with Gasteiger partial charge in [-0.3, -0.25) is 4.79 Å². The summed E-state index contributed by atoms with van der Waals surface area (Å²) in [5.41, 5.74) is 0.574. The fraction of sp³-hybridized carbons (Fsp3) is 0.588. The molecule has 0 aromatic heterocycles. The Hall–Kier alpha value is -1.59. The van der Waals surface area contributed by atoms with Crippen molar-refractivity contribution in [3.63, 3.8) is 0 Å². The summed E-state index contributed by atoms with van der Waals surface area (Å²) in [7, 11) is 0. The number of para-hydroxylation sites is 1. The van der Waals surface area contributed by atoms with Crippen molar-refractivity contribution in [3.05, 3.63) is 29.8 Å². The van der Waals surface area contributed by atoms with Gasteiger partial charge in [0.25, 0.3) is 5.91 Å². The zero-order chi connectivity index (χ0) is 15.6. The van der Waals surface area contributed by atoms with Gasteiger partial charge in [0.2, 0.25) is 0 Å². The minimum atomic E-state index is -0.108. The molecule has 122 valence electrons. The van der Waals surface area contributed by atoms with E-state index in [9.17, 15) is 4.79 Å². The fourth-order valence-corrected chi connectivity index (χ4v) is 2.40. The first-order valence-electron chi connectivity index (χ1n) is 8.00. The van der Waals surface area contributed by atoms with Crippen molar-refractivity contribution in [1.29, 1.82) is 0 Å². The predicted octanol–water partition coefficient (Wildman–Crippen LogP) is 2.40. The summed E-state index contributed by atoms with van der Waals surface area (Å²) >= 11 is 0. The van der Waals surface area contributed by atoms with Gasteiger partial charge in [-0.25, -0.2) is 0 Å². The van der Waals surface area contributed by atoms with Crippen LogP contribution in [0.3, 0.4) is 0 Å². The number of amides is 1. The molecule has 1 amide bonds. The third-order valence-corrected chi connectivity index (χ3v) is 3.51. The molecule has 1 aliphatic heterocycles. The van der Waals surface area contributed by atoms with Crippen molar-refractivity contribution >= 4 is 5.91 Å². The molecule has 5 heteroatoms. The van der Waals surface area contributed by atoms with E-state index in [4.69, 9.17) is 14.2 Å². The van der Waals surface area contributed by atoms with Gasteiger partial charge in [0, 0.05) is 19.8 Å². The molecule has 1 aromatic carbocycles. The Labute approximate surface area is 131 Å². The van der Waals surface area contributed by atoms with E-state index in [-0.39, 0.29) is 12.0 Å². The number of benzene rings is 1. The van der Waals surface area contributed by atoms with Gasteiger partial charge in [-0.05, 0) is 38.3 Å². The summed E-state index contributed by atoms with van der Waals surface area (Å²) in [6.45, 7) is 5.17. The molecule has 1 fully saturated rings. The van der Waals surface area contributed by atoms with Crippen LogP contribution in [0.1, 0.15) is 36.5 Å². The third-order valence-electron chi connectivity index (χ3n) is 3.51. The number of hydrogen-bond acceptors (Lipinski definition) is 4. The highest BCUT2D eigenvalue weighted by Gasteiger charge is 2.15. The second kappa shape index (κ2) is 9.43. The Kier molecular flexibility index (Phi) is 7.19. The van der Waals surface area contributed by atoms with Crippen LogP contribution in [0, 0.1) is 0 Å². The lowest BCUT2D eigenvalue weighted by molar-refractivity contribution is 0.0166. The highest BCUT2D eigenvalue weighted by atomic mass is 16.5. The van der Waals surface area contributed by atoms with Crippen molar-refractivity contribution < 1.29 is 19.0 Å². The first kappa shape index (κ1) is 16.8. The lowest BCUT2D eigenvalue weighted by atomic mass is 10.2. The molecule has 2 rings (SSSR count). The zero-order valence-electron chi connectivity index (χ0n) is 13.2. The molecular formula is C17H25NO4. The smallest absolute Gasteiger partial charge is 0.255 e. The van der Waals surface area contributed by atoms with Crippen molar-refractivity contribution in [2.24, 2.45) is 0 Å². The highest BCUT2D eigenvalue weighted by Crippen LogP contribution is 2.17. The van der Waals surface area contributed by atoms with E-state index in [0.717, 1.165) is 25.9 Å². The second-order valence-electron chi connectivity index (χ2n) is 5.25. The summed E-state index contributed by atoms with van der Waals surface area (Å²) in [5, 5.41) is 2.90. The standard InChI is InChI=1S/C17H25NO4/c1-2-21-16-9-4-3-8-15(16)17(19)18-10-6-11-20-13-14-7-5-12-22-14/h3-4,8-9,14H,2,5-7,10-13H2,1H3,(H,18,19). The molecule has 0 saturated carbocycles. The number of ether oxygens (including phenoxy) is 3. The van der Waals surface area contributed by atoms with Crippen LogP contribution in [0.15, 0.2) is 24.3 Å². The number of rotatable bonds is 9. The lowest BCUT2D eigenvalue weighted by Gasteiger charge is -2.11. The second-order valence-corrected chi connectivity index (χ2v) is 5.25. The van der Waals surface area contributed by atoms with Gasteiger partial charge in [0.05, 0.1) is 24.9 Å². The van der Waals surface area contributed by atoms with Gasteiger partial charge >= 0.3 is 0 Å². The molecule has 0 aliphatic carbocycles. The van der Waals surface area contributed by atoms with Crippen LogP contribution < -0.4 is 10.1 Å². The molecular weight excluding hydrogens is 282 g/mol. The first-order chi connectivity index (χ1) is 10.8. The highest BCUT2D eigenvalue weighted by molar-refractivity contribution is 5.96. The van der Waals surface area contributed by atoms with E-state index in [0.29, 0.717) is 37.7 Å². The maximum Gasteiger partial charge on any atom is 0.255 e. The molecule has 1 unspecified atom stereocenters. The molecule has 1 heterocycles. The van der Waals surface area contributed by atoms with Crippen molar-refractivity contribution in [2.45, 2.75) is 32.3 Å². The van der Waals surface area contributed by atoms with Crippen LogP contribution in [0.4, 0.5) is 0 Å². The summed E-state index contributed by atoms with van der Waals surface area (Å²) in [6, 6.07) is 7.28. The van der Waals surface area contributed by atoms with E-state index >= 15 is 0 Å². The van der Waals surface area contributed by atoms with E-state index in [1.54, 1.807) is 6.07 Å². The predicted molar refractivity (Wildman–Crippen MR) is 84.4 cm³/mol. The van der Waals surface area contributed by atoms with Gasteiger partial charge in [-0.15, -0.1) is 0 Å². The summed E-state index contributed by atoms with van der Waals surface area (Å²) in [5.74, 6) is 0.514. The summed E-state index contributed by atoms with van der Waals surface area (Å²) in [4.78, 5) is 12.1. The van der Waals surface area contributed by atoms with Crippen molar-refractivity contribution in [2.75, 3.05) is 33.0 Å². The van der Waals surface area contributed by atoms with Crippen molar-refractivity contribution in [3.8, 4) is 5.75 Å². The largest absolute Gasteiger partial charge is 0.493 e. The van der Waals surface area contributed by atoms with Crippen LogP contribution in [0.2, 0.25) is 0 Å². The lowest BCUT2D eigenvalue weighted by Crippen LogP contribution is -2.26. The van der Waals surface area contributed by atoms with E-state index in [2.05, 4.69) is 5.32 Å². The Morgan fingerprint density at radius 3 is 3.05 bits per heavy atom. The molecule has 1 N–H and O–H groups in total. The van der Waals surface area contributed by atoms with Gasteiger partial charge in [-0.1, -0.05) is 12.1 Å². The minimum Gasteiger partial charge on any atom is -0.493 e. The van der Waals surface area contributed by atoms with Crippen molar-refractivity contribution in [1.82, 2.24) is 5.32 Å². The van der Waals surface area contributed by atoms with Crippen LogP contribution in [0.25, 0.3) is 0 Å². The Morgan fingerprint density at radius 2 is 2.27 bits per heavy atom. The fourth-order valence-electron chi connectivity index (χ4n) is 2.40. The van der Waals surface area contributed by atoms with Crippen LogP contribution >= 0.6 is 0 Å². The summed E-state index contributed by atoms with van der Waals surface area (Å²) in [6.07, 6.45) is 3.26. The topological polar surface area (TPSA) is 56.8 Å². The molecule has 0 spiro atoms. The van der Waals surface area contributed by atoms with Gasteiger partial charge < -0.3 is 19.5 Å². The van der Waals surface area contributed by atoms with E-state index in [1.165, 1.54) is 0 Å². The molecule has 1 aliphatic rings. The Bertz CT molecular complexity index is 458. The van der Waals surface area contributed by atoms with Crippen LogP contribution in [0.5, 0.6) is 5.75 Å². The third kappa shape index (κ3) is 5.31. The average Bonchev–Trinajstić information content (AvgIpc) is 3.05. The molecule has 1 atom stereocenters. The van der Waals surface area contributed by atoms with Gasteiger partial charge in [-0.2, -0.15) is 0 Å². The van der Waals surface area contributed by atoms with Gasteiger partial charge in [0.1, 0.15) is 5.75 Å². The average molecular weight is 307 g/mol. The van der Waals surface area contributed by atoms with Crippen LogP contribution in [-0.2, 0) is 9.47 Å². The number of carbonyl (C=O) groups excluding carboxylic acids is 1. The maximum absolute atomic E-state index is 12.1. The molecule has 22 heavy (non-hydrogen) atoms. The normalized spacial score (nSPS) is 17.4.